The maximum atomic E-state index is 5.75. The first-order valence-corrected chi connectivity index (χ1v) is 10.1. The van der Waals surface area contributed by atoms with Crippen LogP contribution >= 0.6 is 29.5 Å². The summed E-state index contributed by atoms with van der Waals surface area (Å²) in [4.78, 5) is 0. The van der Waals surface area contributed by atoms with Gasteiger partial charge in [-0.05, 0) is 0 Å². The van der Waals surface area contributed by atoms with Crippen LogP contribution < -0.4 is 0 Å². The van der Waals surface area contributed by atoms with Gasteiger partial charge >= 0.3 is 93.2 Å². The Bertz CT molecular complexity index is 341. The quantitative estimate of drug-likeness (QED) is 0.703. The van der Waals surface area contributed by atoms with Crippen LogP contribution in [-0.4, -0.2) is 0 Å². The zero-order valence-electron chi connectivity index (χ0n) is 7.26. The van der Waals surface area contributed by atoms with Crippen LogP contribution in [0.1, 0.15) is 11.1 Å². The molecular weight excluding hydrogens is 267 g/mol. The van der Waals surface area contributed by atoms with Crippen LogP contribution in [-0.2, 0) is 11.0 Å². The molecule has 0 aliphatic heterocycles. The second-order valence-corrected chi connectivity index (χ2v) is 12.6. The molecule has 13 heavy (non-hydrogen) atoms. The number of rotatable bonds is 1. The molecule has 0 radical (unpaired) electrons. The van der Waals surface area contributed by atoms with E-state index in [9.17, 15) is 0 Å². The molecule has 72 valence electrons. The molecule has 1 rings (SSSR count). The van der Waals surface area contributed by atoms with Gasteiger partial charge in [-0.3, -0.25) is 0 Å². The molecule has 0 fully saturated rings. The van der Waals surface area contributed by atoms with Crippen molar-refractivity contribution in [3.63, 3.8) is 0 Å². The average molecular weight is 276 g/mol. The first-order chi connectivity index (χ1) is 5.90. The van der Waals surface area contributed by atoms with Gasteiger partial charge in [-0.25, -0.2) is 0 Å². The van der Waals surface area contributed by atoms with Gasteiger partial charge < -0.3 is 0 Å². The molecule has 1 nitrogen and oxygen atoms in total. The van der Waals surface area contributed by atoms with Gasteiger partial charge in [0.15, 0.2) is 0 Å². The fourth-order valence-corrected chi connectivity index (χ4v) is 2.86. The topological polar surface area (TPSA) is 12.4 Å². The summed E-state index contributed by atoms with van der Waals surface area (Å²) in [5.74, 6) is 0. The summed E-state index contributed by atoms with van der Waals surface area (Å²) in [6.45, 7) is 3.92. The molecule has 0 heterocycles. The van der Waals surface area contributed by atoms with E-state index in [1.165, 1.54) is 0 Å². The first-order valence-electron chi connectivity index (χ1n) is 3.67. The molecule has 0 saturated carbocycles. The third-order valence-electron chi connectivity index (χ3n) is 1.65. The van der Waals surface area contributed by atoms with Gasteiger partial charge in [0.2, 0.25) is 0 Å². The van der Waals surface area contributed by atoms with Crippen LogP contribution in [0.2, 0.25) is 0 Å². The number of hydrogen-bond acceptors (Lipinski definition) is 1. The van der Waals surface area contributed by atoms with Crippen molar-refractivity contribution in [2.24, 2.45) is 3.79 Å². The molecule has 1 aromatic rings. The zero-order chi connectivity index (χ0) is 10.1. The Morgan fingerprint density at radius 2 is 1.54 bits per heavy atom. The van der Waals surface area contributed by atoms with Gasteiger partial charge in [-0.1, -0.05) is 0 Å². The van der Waals surface area contributed by atoms with Crippen LogP contribution in [0.25, 0.3) is 0 Å². The summed E-state index contributed by atoms with van der Waals surface area (Å²) in [6, 6.07) is 5.89. The minimum absolute atomic E-state index is 0.829. The molecule has 0 N–H and O–H groups in total. The van der Waals surface area contributed by atoms with Gasteiger partial charge in [0.1, 0.15) is 0 Å². The van der Waals surface area contributed by atoms with E-state index in [1.807, 2.05) is 32.0 Å². The Kier molecular flexibility index (Phi) is 3.85. The molecule has 0 spiro atoms. The van der Waals surface area contributed by atoms with Gasteiger partial charge in [0.05, 0.1) is 0 Å². The van der Waals surface area contributed by atoms with E-state index in [0.29, 0.717) is 0 Å². The van der Waals surface area contributed by atoms with Gasteiger partial charge in [-0.15, -0.1) is 0 Å². The normalized spacial score (nSPS) is 11.5. The molecule has 0 aliphatic carbocycles. The second-order valence-electron chi connectivity index (χ2n) is 2.76. The Balaban J connectivity index is 3.31. The summed E-state index contributed by atoms with van der Waals surface area (Å²) in [5.41, 5.74) is 2.93. The maximum absolute atomic E-state index is 5.75. The zero-order valence-corrected chi connectivity index (χ0v) is 10.9. The number of hydrogen-bond donors (Lipinski definition) is 0. The monoisotopic (exact) mass is 275 g/mol. The van der Waals surface area contributed by atoms with Crippen molar-refractivity contribution in [3.8, 4) is 0 Å². The molecule has 5 heteroatoms. The molecule has 0 aromatic heterocycles. The first kappa shape index (κ1) is 11.5. The average Bonchev–Trinajstić information content (AvgIpc) is 1.95. The summed E-state index contributed by atoms with van der Waals surface area (Å²) in [7, 11) is 14.0. The predicted molar refractivity (Wildman–Crippen MR) is 55.6 cm³/mol. The molecule has 0 atom stereocenters. The molecule has 0 aliphatic rings. The Hall–Kier alpha value is 0.474. The van der Waals surface area contributed by atoms with Crippen LogP contribution in [0.15, 0.2) is 22.0 Å². The van der Waals surface area contributed by atoms with Crippen molar-refractivity contribution in [1.82, 2.24) is 0 Å². The van der Waals surface area contributed by atoms with E-state index < -0.39 is 11.0 Å². The molecule has 0 bridgehead atoms. The standard InChI is InChI=1S/C8H9N.3ClH.V/c1-6-4-3-5-7(2)8(6)9;;;;/h3-5H,1-2H3;3*1H;/q;;;;+3/p-3. The number of aryl methyl sites for hydroxylation is 2. The van der Waals surface area contributed by atoms with E-state index in [4.69, 9.17) is 29.5 Å². The molecule has 0 saturated heterocycles. The van der Waals surface area contributed by atoms with Crippen LogP contribution in [0.4, 0.5) is 5.69 Å². The molecule has 0 amide bonds. The van der Waals surface area contributed by atoms with Gasteiger partial charge in [0, 0.05) is 0 Å². The number of benzene rings is 1. The van der Waals surface area contributed by atoms with E-state index in [0.717, 1.165) is 16.8 Å². The Labute approximate surface area is 92.8 Å². The fraction of sp³-hybridized carbons (Fsp3) is 0.250. The van der Waals surface area contributed by atoms with Gasteiger partial charge in [-0.2, -0.15) is 0 Å². The fourth-order valence-electron chi connectivity index (χ4n) is 1.08. The van der Waals surface area contributed by atoms with Crippen molar-refractivity contribution < 1.29 is 11.0 Å². The second kappa shape index (κ2) is 4.33. The van der Waals surface area contributed by atoms with E-state index in [1.54, 1.807) is 0 Å². The van der Waals surface area contributed by atoms with Crippen LogP contribution in [0.3, 0.4) is 0 Å². The van der Waals surface area contributed by atoms with Crippen molar-refractivity contribution in [1.29, 1.82) is 0 Å². The third-order valence-corrected chi connectivity index (χ3v) is 3.25. The molecule has 0 unspecified atom stereocenters. The van der Waals surface area contributed by atoms with Gasteiger partial charge in [0.25, 0.3) is 0 Å². The Morgan fingerprint density at radius 3 is 1.92 bits per heavy atom. The van der Waals surface area contributed by atoms with Crippen molar-refractivity contribution in [3.05, 3.63) is 29.3 Å². The van der Waals surface area contributed by atoms with E-state index in [2.05, 4.69) is 3.79 Å². The minimum atomic E-state index is -3.24. The third kappa shape index (κ3) is 3.61. The summed E-state index contributed by atoms with van der Waals surface area (Å²) in [6.07, 6.45) is 0. The molecular formula is C8H9Cl3NV. The van der Waals surface area contributed by atoms with E-state index in [-0.39, 0.29) is 0 Å². The number of halogens is 3. The van der Waals surface area contributed by atoms with E-state index >= 15 is 0 Å². The number of nitrogens with zero attached hydrogens (tertiary/aromatic N) is 1. The van der Waals surface area contributed by atoms with Crippen molar-refractivity contribution in [2.75, 3.05) is 0 Å². The molecule has 1 aromatic carbocycles. The summed E-state index contributed by atoms with van der Waals surface area (Å²) in [5, 5.41) is 0. The predicted octanol–water partition coefficient (Wildman–Crippen LogP) is 4.73. The summed E-state index contributed by atoms with van der Waals surface area (Å²) >= 11 is 0. The van der Waals surface area contributed by atoms with Crippen molar-refractivity contribution in [2.45, 2.75) is 13.8 Å². The van der Waals surface area contributed by atoms with Crippen molar-refractivity contribution >= 4 is 35.2 Å². The van der Waals surface area contributed by atoms with Crippen LogP contribution in [0, 0.1) is 13.8 Å². The van der Waals surface area contributed by atoms with Crippen LogP contribution in [0.5, 0.6) is 0 Å². The Morgan fingerprint density at radius 1 is 1.08 bits per heavy atom. The summed E-state index contributed by atoms with van der Waals surface area (Å²) < 4.78 is 4.16. The SMILES string of the molecule is Cc1cccc(C)c1[N]=[V]([Cl])([Cl])[Cl].